The highest BCUT2D eigenvalue weighted by molar-refractivity contribution is 9.13. The lowest BCUT2D eigenvalue weighted by atomic mass is 10.2. The lowest BCUT2D eigenvalue weighted by Gasteiger charge is -2.00. The Hall–Kier alpha value is 0.220. The number of benzene rings is 2. The number of halogens is 6. The molecule has 0 aliphatic carbocycles. The highest BCUT2D eigenvalue weighted by Gasteiger charge is 2.04. The van der Waals surface area contributed by atoms with Gasteiger partial charge < -0.3 is 0 Å². The van der Waals surface area contributed by atoms with Crippen LogP contribution in [0.25, 0.3) is 0 Å². The van der Waals surface area contributed by atoms with E-state index in [1.54, 1.807) is 12.1 Å². The summed E-state index contributed by atoms with van der Waals surface area (Å²) in [6.45, 7) is 1.48. The molecule has 0 N–H and O–H groups in total. The second-order valence-corrected chi connectivity index (χ2v) is 7.07. The molecule has 2 aromatic rings. The summed E-state index contributed by atoms with van der Waals surface area (Å²) in [5.74, 6) is -0.238. The first-order chi connectivity index (χ1) is 9.38. The Labute approximate surface area is 150 Å². The summed E-state index contributed by atoms with van der Waals surface area (Å²) in [6, 6.07) is 8.58. The lowest BCUT2D eigenvalue weighted by Crippen LogP contribution is -1.81. The molecular formula is C14H10Br4F2. The highest BCUT2D eigenvalue weighted by Crippen LogP contribution is 2.28. The Kier molecular flexibility index (Phi) is 7.87. The van der Waals surface area contributed by atoms with Crippen LogP contribution in [0.2, 0.25) is 0 Å². The molecule has 0 nitrogen and oxygen atoms in total. The van der Waals surface area contributed by atoms with Gasteiger partial charge in [0.1, 0.15) is 12.5 Å². The number of hydrogen-bond acceptors (Lipinski definition) is 0. The quantitative estimate of drug-likeness (QED) is 0.335. The van der Waals surface area contributed by atoms with Crippen LogP contribution < -0.4 is 0 Å². The van der Waals surface area contributed by atoms with Gasteiger partial charge in [-0.2, -0.15) is 0 Å². The van der Waals surface area contributed by atoms with Crippen molar-refractivity contribution in [3.63, 3.8) is 0 Å². The summed E-state index contributed by atoms with van der Waals surface area (Å²) in [5.41, 5.74) is 1.70. The van der Waals surface area contributed by atoms with Gasteiger partial charge in [-0.3, -0.25) is 0 Å². The maximum atomic E-state index is 12.7. The van der Waals surface area contributed by atoms with Crippen LogP contribution in [-0.2, 0) is 6.67 Å². The van der Waals surface area contributed by atoms with E-state index >= 15 is 0 Å². The van der Waals surface area contributed by atoms with Crippen LogP contribution in [0.15, 0.2) is 48.2 Å². The van der Waals surface area contributed by atoms with Gasteiger partial charge in [0.2, 0.25) is 0 Å². The highest BCUT2D eigenvalue weighted by atomic mass is 79.9. The second kappa shape index (κ2) is 8.61. The molecule has 0 bridgehead atoms. The first-order valence-corrected chi connectivity index (χ1v) is 8.64. The standard InChI is InChI=1S/2C7H5Br2F/c1-4-2-3-5(10)7(9)6(4)8;8-6-3-1-2-5(4-10)7(6)9/h2-3H,1H3;1-3H,4H2. The Morgan fingerprint density at radius 1 is 0.900 bits per heavy atom. The molecule has 0 spiro atoms. The van der Waals surface area contributed by atoms with Crippen molar-refractivity contribution in [2.75, 3.05) is 0 Å². The minimum absolute atomic E-state index is 0.238. The third kappa shape index (κ3) is 4.90. The molecule has 20 heavy (non-hydrogen) atoms. The fourth-order valence-corrected chi connectivity index (χ4v) is 2.82. The van der Waals surface area contributed by atoms with E-state index in [0.29, 0.717) is 10.0 Å². The molecule has 0 saturated heterocycles. The minimum atomic E-state index is -0.431. The number of hydrogen-bond donors (Lipinski definition) is 0. The normalized spacial score (nSPS) is 9.95. The molecule has 0 aliphatic rings. The van der Waals surface area contributed by atoms with Gasteiger partial charge in [0, 0.05) is 13.4 Å². The first-order valence-electron chi connectivity index (χ1n) is 5.47. The smallest absolute Gasteiger partial charge is 0.138 e. The second-order valence-electron chi connectivity index (χ2n) is 3.84. The van der Waals surface area contributed by atoms with Crippen molar-refractivity contribution in [2.45, 2.75) is 13.6 Å². The van der Waals surface area contributed by atoms with E-state index < -0.39 is 6.67 Å². The molecule has 108 valence electrons. The van der Waals surface area contributed by atoms with E-state index in [-0.39, 0.29) is 5.82 Å². The molecule has 0 radical (unpaired) electrons. The largest absolute Gasteiger partial charge is 0.246 e. The Morgan fingerprint density at radius 2 is 1.55 bits per heavy atom. The molecule has 0 amide bonds. The average Bonchev–Trinajstić information content (AvgIpc) is 2.44. The average molecular weight is 536 g/mol. The van der Waals surface area contributed by atoms with Crippen molar-refractivity contribution >= 4 is 63.7 Å². The zero-order chi connectivity index (χ0) is 15.3. The van der Waals surface area contributed by atoms with Gasteiger partial charge >= 0.3 is 0 Å². The third-order valence-corrected chi connectivity index (χ3v) is 6.86. The number of rotatable bonds is 1. The van der Waals surface area contributed by atoms with E-state index in [2.05, 4.69) is 63.7 Å². The SMILES string of the molecule is Cc1ccc(F)c(Br)c1Br.FCc1cccc(Br)c1Br. The zero-order valence-electron chi connectivity index (χ0n) is 10.4. The molecule has 0 atom stereocenters. The van der Waals surface area contributed by atoms with Gasteiger partial charge in [-0.05, 0) is 93.9 Å². The molecule has 0 heterocycles. The van der Waals surface area contributed by atoms with Crippen molar-refractivity contribution in [3.05, 3.63) is 65.2 Å². The van der Waals surface area contributed by atoms with E-state index in [1.165, 1.54) is 6.07 Å². The van der Waals surface area contributed by atoms with Crippen molar-refractivity contribution in [1.29, 1.82) is 0 Å². The molecular weight excluding hydrogens is 526 g/mol. The van der Waals surface area contributed by atoms with E-state index in [4.69, 9.17) is 0 Å². The Morgan fingerprint density at radius 3 is 2.05 bits per heavy atom. The Balaban J connectivity index is 0.000000200. The molecule has 2 aromatic carbocycles. The summed E-state index contributed by atoms with van der Waals surface area (Å²) in [6.07, 6.45) is 0. The van der Waals surface area contributed by atoms with Crippen molar-refractivity contribution in [3.8, 4) is 0 Å². The maximum Gasteiger partial charge on any atom is 0.138 e. The summed E-state index contributed by atoms with van der Waals surface area (Å²) < 4.78 is 27.8. The summed E-state index contributed by atoms with van der Waals surface area (Å²) in [4.78, 5) is 0. The van der Waals surface area contributed by atoms with Crippen LogP contribution in [0.5, 0.6) is 0 Å². The number of aryl methyl sites for hydroxylation is 1. The van der Waals surface area contributed by atoms with Crippen LogP contribution in [0.1, 0.15) is 11.1 Å². The third-order valence-electron chi connectivity index (χ3n) is 2.40. The van der Waals surface area contributed by atoms with Crippen LogP contribution in [0.3, 0.4) is 0 Å². The fraction of sp³-hybridized carbons (Fsp3) is 0.143. The first kappa shape index (κ1) is 18.3. The van der Waals surface area contributed by atoms with Crippen LogP contribution >= 0.6 is 63.7 Å². The van der Waals surface area contributed by atoms with Crippen LogP contribution in [-0.4, -0.2) is 0 Å². The fourth-order valence-electron chi connectivity index (χ4n) is 1.27. The summed E-state index contributed by atoms with van der Waals surface area (Å²) >= 11 is 12.9. The van der Waals surface area contributed by atoms with Gasteiger partial charge in [0.25, 0.3) is 0 Å². The molecule has 0 aliphatic heterocycles. The van der Waals surface area contributed by atoms with E-state index in [1.807, 2.05) is 19.1 Å². The molecule has 0 fully saturated rings. The summed E-state index contributed by atoms with van der Waals surface area (Å²) in [7, 11) is 0. The summed E-state index contributed by atoms with van der Waals surface area (Å²) in [5, 5.41) is 0. The predicted octanol–water partition coefficient (Wildman–Crippen LogP) is 7.34. The molecule has 0 saturated carbocycles. The van der Waals surface area contributed by atoms with Gasteiger partial charge in [-0.25, -0.2) is 8.78 Å². The molecule has 0 unspecified atom stereocenters. The van der Waals surface area contributed by atoms with Crippen LogP contribution in [0, 0.1) is 12.7 Å². The molecule has 6 heteroatoms. The van der Waals surface area contributed by atoms with Gasteiger partial charge in [-0.15, -0.1) is 0 Å². The molecule has 2 rings (SSSR count). The monoisotopic (exact) mass is 532 g/mol. The Bertz CT molecular complexity index is 573. The van der Waals surface area contributed by atoms with Gasteiger partial charge in [-0.1, -0.05) is 18.2 Å². The minimum Gasteiger partial charge on any atom is -0.246 e. The van der Waals surface area contributed by atoms with E-state index in [0.717, 1.165) is 19.0 Å². The lowest BCUT2D eigenvalue weighted by molar-refractivity contribution is 0.484. The number of alkyl halides is 1. The topological polar surface area (TPSA) is 0 Å². The maximum absolute atomic E-state index is 12.7. The zero-order valence-corrected chi connectivity index (χ0v) is 16.7. The van der Waals surface area contributed by atoms with Crippen molar-refractivity contribution in [2.24, 2.45) is 0 Å². The van der Waals surface area contributed by atoms with Gasteiger partial charge in [0.15, 0.2) is 0 Å². The van der Waals surface area contributed by atoms with Crippen LogP contribution in [0.4, 0.5) is 8.78 Å². The molecule has 0 aromatic heterocycles. The van der Waals surface area contributed by atoms with Crippen molar-refractivity contribution in [1.82, 2.24) is 0 Å². The van der Waals surface area contributed by atoms with Gasteiger partial charge in [0.05, 0.1) is 4.47 Å². The van der Waals surface area contributed by atoms with Crippen molar-refractivity contribution < 1.29 is 8.78 Å². The predicted molar refractivity (Wildman–Crippen MR) is 93.2 cm³/mol. The van der Waals surface area contributed by atoms with E-state index in [9.17, 15) is 8.78 Å².